The van der Waals surface area contributed by atoms with E-state index in [1.165, 1.54) is 6.20 Å². The highest BCUT2D eigenvalue weighted by molar-refractivity contribution is 6.30. The Morgan fingerprint density at radius 1 is 1.30 bits per heavy atom. The van der Waals surface area contributed by atoms with Crippen LogP contribution in [0.15, 0.2) is 41.5 Å². The first-order valence-corrected chi connectivity index (χ1v) is 7.67. The van der Waals surface area contributed by atoms with Gasteiger partial charge in [-0.2, -0.15) is 0 Å². The van der Waals surface area contributed by atoms with E-state index in [2.05, 4.69) is 15.3 Å². The second kappa shape index (κ2) is 6.52. The number of anilines is 1. The maximum Gasteiger partial charge on any atom is 0.267 e. The van der Waals surface area contributed by atoms with E-state index in [0.717, 1.165) is 11.8 Å². The summed E-state index contributed by atoms with van der Waals surface area (Å²) in [7, 11) is 0. The Morgan fingerprint density at radius 3 is 2.78 bits per heavy atom. The molecule has 2 aromatic rings. The monoisotopic (exact) mass is 333 g/mol. The summed E-state index contributed by atoms with van der Waals surface area (Å²) in [6, 6.07) is 7.30. The van der Waals surface area contributed by atoms with Gasteiger partial charge in [0.2, 0.25) is 5.91 Å². The third-order valence-corrected chi connectivity index (χ3v) is 4.29. The van der Waals surface area contributed by atoms with Crippen LogP contribution >= 0.6 is 11.6 Å². The van der Waals surface area contributed by atoms with Gasteiger partial charge in [0.1, 0.15) is 5.82 Å². The van der Waals surface area contributed by atoms with Crippen molar-refractivity contribution in [1.82, 2.24) is 9.97 Å². The minimum absolute atomic E-state index is 0.202. The van der Waals surface area contributed by atoms with E-state index in [1.54, 1.807) is 12.1 Å². The van der Waals surface area contributed by atoms with Crippen molar-refractivity contribution < 1.29 is 9.53 Å². The number of hydrogen-bond donors (Lipinski definition) is 2. The molecule has 2 heterocycles. The van der Waals surface area contributed by atoms with Gasteiger partial charge in [-0.15, -0.1) is 0 Å². The first-order valence-electron chi connectivity index (χ1n) is 7.30. The lowest BCUT2D eigenvalue weighted by molar-refractivity contribution is -0.125. The van der Waals surface area contributed by atoms with E-state index in [4.69, 9.17) is 16.3 Å². The summed E-state index contributed by atoms with van der Waals surface area (Å²) >= 11 is 6.09. The normalized spacial score (nSPS) is 16.7. The lowest BCUT2D eigenvalue weighted by Gasteiger charge is -2.36. The van der Waals surface area contributed by atoms with Gasteiger partial charge in [-0.05, 0) is 30.5 Å². The number of hydrogen-bond acceptors (Lipinski definition) is 4. The molecular weight excluding hydrogens is 318 g/mol. The molecule has 1 aliphatic heterocycles. The SMILES string of the molecule is O=C(Nc1cncc(=O)[nH]1)C1(c2cccc(Cl)c2)CCOCC1. The smallest absolute Gasteiger partial charge is 0.267 e. The average Bonchev–Trinajstić information content (AvgIpc) is 2.55. The summed E-state index contributed by atoms with van der Waals surface area (Å²) in [5.41, 5.74) is -0.265. The highest BCUT2D eigenvalue weighted by Crippen LogP contribution is 2.37. The number of H-pyrrole nitrogens is 1. The number of halogens is 1. The van der Waals surface area contributed by atoms with Crippen LogP contribution in [0.1, 0.15) is 18.4 Å². The zero-order valence-electron chi connectivity index (χ0n) is 12.3. The molecule has 1 fully saturated rings. The molecule has 0 unspecified atom stereocenters. The van der Waals surface area contributed by atoms with Crippen LogP contribution < -0.4 is 10.9 Å². The fraction of sp³-hybridized carbons (Fsp3) is 0.312. The number of aromatic nitrogens is 2. The van der Waals surface area contributed by atoms with Crippen molar-refractivity contribution in [3.63, 3.8) is 0 Å². The molecule has 0 bridgehead atoms. The highest BCUT2D eigenvalue weighted by Gasteiger charge is 2.42. The van der Waals surface area contributed by atoms with Crippen molar-refractivity contribution in [3.05, 3.63) is 57.6 Å². The van der Waals surface area contributed by atoms with Crippen LogP contribution in [0.4, 0.5) is 5.82 Å². The Bertz CT molecular complexity index is 769. The largest absolute Gasteiger partial charge is 0.381 e. The molecule has 0 aliphatic carbocycles. The molecule has 23 heavy (non-hydrogen) atoms. The number of carbonyl (C=O) groups is 1. The van der Waals surface area contributed by atoms with Gasteiger partial charge in [-0.25, -0.2) is 0 Å². The molecule has 120 valence electrons. The van der Waals surface area contributed by atoms with Crippen molar-refractivity contribution in [2.24, 2.45) is 0 Å². The number of aromatic amines is 1. The highest BCUT2D eigenvalue weighted by atomic mass is 35.5. The first kappa shape index (κ1) is 15.7. The second-order valence-electron chi connectivity index (χ2n) is 5.47. The molecule has 0 atom stereocenters. The maximum absolute atomic E-state index is 13.0. The van der Waals surface area contributed by atoms with Gasteiger partial charge in [-0.3, -0.25) is 14.6 Å². The van der Waals surface area contributed by atoms with E-state index in [1.807, 2.05) is 12.1 Å². The number of rotatable bonds is 3. The van der Waals surface area contributed by atoms with Gasteiger partial charge < -0.3 is 15.0 Å². The van der Waals surface area contributed by atoms with Gasteiger partial charge in [0.05, 0.1) is 17.8 Å². The van der Waals surface area contributed by atoms with E-state index in [0.29, 0.717) is 31.1 Å². The molecule has 3 rings (SSSR count). The molecule has 0 saturated carbocycles. The molecule has 7 heteroatoms. The summed E-state index contributed by atoms with van der Waals surface area (Å²) in [5, 5.41) is 3.34. The number of ether oxygens (including phenoxy) is 1. The van der Waals surface area contributed by atoms with Gasteiger partial charge in [-0.1, -0.05) is 23.7 Å². The van der Waals surface area contributed by atoms with Gasteiger partial charge in [0.25, 0.3) is 5.56 Å². The Morgan fingerprint density at radius 2 is 2.09 bits per heavy atom. The fourth-order valence-electron chi connectivity index (χ4n) is 2.84. The quantitative estimate of drug-likeness (QED) is 0.901. The number of benzene rings is 1. The molecule has 6 nitrogen and oxygen atoms in total. The number of nitrogens with zero attached hydrogens (tertiary/aromatic N) is 1. The molecule has 0 radical (unpaired) electrons. The summed E-state index contributed by atoms with van der Waals surface area (Å²) in [4.78, 5) is 30.6. The first-order chi connectivity index (χ1) is 11.1. The lowest BCUT2D eigenvalue weighted by Crippen LogP contribution is -2.45. The summed E-state index contributed by atoms with van der Waals surface area (Å²) in [6.45, 7) is 0.979. The van der Waals surface area contributed by atoms with Gasteiger partial charge in [0, 0.05) is 18.2 Å². The number of nitrogens with one attached hydrogen (secondary N) is 2. The van der Waals surface area contributed by atoms with Crippen LogP contribution in [0.5, 0.6) is 0 Å². The van der Waals surface area contributed by atoms with Crippen LogP contribution in [-0.2, 0) is 14.9 Å². The van der Waals surface area contributed by atoms with E-state index in [-0.39, 0.29) is 17.3 Å². The number of carbonyl (C=O) groups excluding carboxylic acids is 1. The van der Waals surface area contributed by atoms with Crippen molar-refractivity contribution in [1.29, 1.82) is 0 Å². The third kappa shape index (κ3) is 3.28. The van der Waals surface area contributed by atoms with Crippen LogP contribution in [0.2, 0.25) is 5.02 Å². The van der Waals surface area contributed by atoms with Crippen molar-refractivity contribution >= 4 is 23.3 Å². The zero-order chi connectivity index (χ0) is 16.3. The topological polar surface area (TPSA) is 84.1 Å². The molecule has 1 saturated heterocycles. The van der Waals surface area contributed by atoms with E-state index in [9.17, 15) is 9.59 Å². The van der Waals surface area contributed by atoms with E-state index < -0.39 is 5.41 Å². The molecule has 1 aromatic heterocycles. The Balaban J connectivity index is 1.95. The molecule has 1 amide bonds. The van der Waals surface area contributed by atoms with Gasteiger partial charge >= 0.3 is 0 Å². The molecule has 0 spiro atoms. The lowest BCUT2D eigenvalue weighted by atomic mass is 9.73. The Labute approximate surface area is 137 Å². The van der Waals surface area contributed by atoms with Gasteiger partial charge in [0.15, 0.2) is 0 Å². The van der Waals surface area contributed by atoms with Crippen LogP contribution in [0.25, 0.3) is 0 Å². The minimum Gasteiger partial charge on any atom is -0.381 e. The molecular formula is C16H16ClN3O3. The van der Waals surface area contributed by atoms with Crippen molar-refractivity contribution in [3.8, 4) is 0 Å². The predicted octanol–water partition coefficient (Wildman–Crippen LogP) is 2.11. The average molecular weight is 334 g/mol. The standard InChI is InChI=1S/C16H16ClN3O3/c17-12-3-1-2-11(8-12)16(4-6-23-7-5-16)15(22)20-13-9-18-10-14(21)19-13/h1-3,8-10H,4-7H2,(H2,19,20,21,22). The second-order valence-corrected chi connectivity index (χ2v) is 5.91. The van der Waals surface area contributed by atoms with Crippen LogP contribution in [-0.4, -0.2) is 29.1 Å². The predicted molar refractivity (Wildman–Crippen MR) is 86.7 cm³/mol. The number of amides is 1. The molecule has 1 aromatic carbocycles. The zero-order valence-corrected chi connectivity index (χ0v) is 13.1. The van der Waals surface area contributed by atoms with Crippen LogP contribution in [0, 0.1) is 0 Å². The summed E-state index contributed by atoms with van der Waals surface area (Å²) < 4.78 is 5.41. The Hall–Kier alpha value is -2.18. The summed E-state index contributed by atoms with van der Waals surface area (Å²) in [5.74, 6) is 0.0714. The maximum atomic E-state index is 13.0. The summed E-state index contributed by atoms with van der Waals surface area (Å²) in [6.07, 6.45) is 3.65. The molecule has 2 N–H and O–H groups in total. The van der Waals surface area contributed by atoms with E-state index >= 15 is 0 Å². The molecule has 1 aliphatic rings. The van der Waals surface area contributed by atoms with Crippen LogP contribution in [0.3, 0.4) is 0 Å². The third-order valence-electron chi connectivity index (χ3n) is 4.06. The van der Waals surface area contributed by atoms with Crippen molar-refractivity contribution in [2.75, 3.05) is 18.5 Å². The fourth-order valence-corrected chi connectivity index (χ4v) is 3.03. The Kier molecular flexibility index (Phi) is 4.45. The van der Waals surface area contributed by atoms with Crippen molar-refractivity contribution in [2.45, 2.75) is 18.3 Å². The minimum atomic E-state index is -0.740.